The van der Waals surface area contributed by atoms with E-state index < -0.39 is 0 Å². The molecule has 1 saturated carbocycles. The third-order valence-electron chi connectivity index (χ3n) is 4.89. The number of rotatable bonds is 6. The number of hydrogen-bond acceptors (Lipinski definition) is 2. The Morgan fingerprint density at radius 3 is 2.38 bits per heavy atom. The van der Waals surface area contributed by atoms with Crippen LogP contribution < -0.4 is 4.74 Å². The van der Waals surface area contributed by atoms with Gasteiger partial charge in [-0.2, -0.15) is 0 Å². The van der Waals surface area contributed by atoms with E-state index in [-0.39, 0.29) is 11.9 Å². The number of carbonyl (C=O) groups excluding carboxylic acids is 1. The van der Waals surface area contributed by atoms with E-state index in [0.29, 0.717) is 18.7 Å². The summed E-state index contributed by atoms with van der Waals surface area (Å²) in [7, 11) is 0. The summed E-state index contributed by atoms with van der Waals surface area (Å²) in [6, 6.07) is 17.6. The summed E-state index contributed by atoms with van der Waals surface area (Å²) < 4.78 is 5.75. The topological polar surface area (TPSA) is 29.5 Å². The Morgan fingerprint density at radius 2 is 1.73 bits per heavy atom. The maximum Gasteiger partial charge on any atom is 0.254 e. The van der Waals surface area contributed by atoms with Crippen molar-refractivity contribution in [3.8, 4) is 18.1 Å². The second kappa shape index (κ2) is 9.10. The molecule has 0 aromatic heterocycles. The lowest BCUT2D eigenvalue weighted by Gasteiger charge is -2.33. The van der Waals surface area contributed by atoms with Gasteiger partial charge in [-0.3, -0.25) is 4.79 Å². The van der Waals surface area contributed by atoms with Gasteiger partial charge in [0, 0.05) is 11.6 Å². The van der Waals surface area contributed by atoms with Gasteiger partial charge < -0.3 is 9.64 Å². The Balaban J connectivity index is 1.64. The Morgan fingerprint density at radius 1 is 1.04 bits per heavy atom. The van der Waals surface area contributed by atoms with Gasteiger partial charge >= 0.3 is 0 Å². The van der Waals surface area contributed by atoms with Crippen LogP contribution in [0.3, 0.4) is 0 Å². The fourth-order valence-electron chi connectivity index (χ4n) is 3.45. The minimum Gasteiger partial charge on any atom is -0.489 e. The highest BCUT2D eigenvalue weighted by molar-refractivity contribution is 5.94. The van der Waals surface area contributed by atoms with Crippen LogP contribution in [0.2, 0.25) is 0 Å². The van der Waals surface area contributed by atoms with Crippen molar-refractivity contribution >= 4 is 5.91 Å². The van der Waals surface area contributed by atoms with Crippen molar-refractivity contribution in [3.05, 3.63) is 65.7 Å². The van der Waals surface area contributed by atoms with Crippen LogP contribution in [0.1, 0.15) is 48.0 Å². The van der Waals surface area contributed by atoms with Crippen molar-refractivity contribution < 1.29 is 9.53 Å². The molecule has 0 unspecified atom stereocenters. The molecule has 1 fully saturated rings. The highest BCUT2D eigenvalue weighted by Gasteiger charge is 2.25. The Kier molecular flexibility index (Phi) is 6.33. The van der Waals surface area contributed by atoms with Crippen LogP contribution in [0.4, 0.5) is 0 Å². The third-order valence-corrected chi connectivity index (χ3v) is 4.89. The summed E-state index contributed by atoms with van der Waals surface area (Å²) >= 11 is 0. The molecular formula is C23H25NO2. The van der Waals surface area contributed by atoms with Crippen molar-refractivity contribution in [2.24, 2.45) is 0 Å². The summed E-state index contributed by atoms with van der Waals surface area (Å²) in [5.74, 6) is 3.52. The summed E-state index contributed by atoms with van der Waals surface area (Å²) in [4.78, 5) is 14.8. The van der Waals surface area contributed by atoms with E-state index in [0.717, 1.165) is 24.2 Å². The Labute approximate surface area is 156 Å². The molecule has 2 aromatic rings. The van der Waals surface area contributed by atoms with E-state index in [4.69, 9.17) is 11.2 Å². The summed E-state index contributed by atoms with van der Waals surface area (Å²) in [5.41, 5.74) is 1.72. The molecule has 3 rings (SSSR count). The number of amides is 1. The predicted molar refractivity (Wildman–Crippen MR) is 104 cm³/mol. The fourth-order valence-corrected chi connectivity index (χ4v) is 3.45. The highest BCUT2D eigenvalue weighted by Crippen LogP contribution is 2.24. The van der Waals surface area contributed by atoms with E-state index >= 15 is 0 Å². The van der Waals surface area contributed by atoms with Gasteiger partial charge in [0.1, 0.15) is 12.4 Å². The first-order valence-electron chi connectivity index (χ1n) is 9.29. The average molecular weight is 347 g/mol. The van der Waals surface area contributed by atoms with Gasteiger partial charge in [0.05, 0.1) is 6.54 Å². The Hall–Kier alpha value is -2.73. The maximum absolute atomic E-state index is 12.9. The number of benzene rings is 2. The van der Waals surface area contributed by atoms with Crippen molar-refractivity contribution in [2.75, 3.05) is 6.54 Å². The first kappa shape index (κ1) is 18.1. The molecule has 0 heterocycles. The SMILES string of the molecule is C#CCN(C(=O)c1ccc(COc2ccccc2)cc1)C1CCCCC1. The van der Waals surface area contributed by atoms with Crippen LogP contribution in [0.25, 0.3) is 0 Å². The zero-order valence-corrected chi connectivity index (χ0v) is 15.1. The van der Waals surface area contributed by atoms with Crippen LogP contribution in [0.15, 0.2) is 54.6 Å². The molecule has 0 spiro atoms. The molecule has 134 valence electrons. The molecule has 0 N–H and O–H groups in total. The number of terminal acetylenes is 1. The zero-order valence-electron chi connectivity index (χ0n) is 15.1. The molecule has 2 aromatic carbocycles. The first-order valence-corrected chi connectivity index (χ1v) is 9.29. The smallest absolute Gasteiger partial charge is 0.254 e. The van der Waals surface area contributed by atoms with Crippen molar-refractivity contribution in [1.82, 2.24) is 4.90 Å². The lowest BCUT2D eigenvalue weighted by Crippen LogP contribution is -2.41. The molecule has 1 aliphatic carbocycles. The van der Waals surface area contributed by atoms with Crippen LogP contribution in [-0.4, -0.2) is 23.4 Å². The molecular weight excluding hydrogens is 322 g/mol. The monoisotopic (exact) mass is 347 g/mol. The van der Waals surface area contributed by atoms with Gasteiger partial charge in [0.15, 0.2) is 0 Å². The molecule has 1 amide bonds. The maximum atomic E-state index is 12.9. The minimum atomic E-state index is 0.0328. The van der Waals surface area contributed by atoms with Crippen molar-refractivity contribution in [2.45, 2.75) is 44.8 Å². The van der Waals surface area contributed by atoms with Gasteiger partial charge in [-0.1, -0.05) is 55.5 Å². The standard InChI is InChI=1S/C23H25NO2/c1-2-17-24(21-9-5-3-6-10-21)23(25)20-15-13-19(14-16-20)18-26-22-11-7-4-8-12-22/h1,4,7-8,11-16,21H,3,5-6,9-10,17-18H2. The van der Waals surface area contributed by atoms with Gasteiger partial charge in [-0.15, -0.1) is 6.42 Å². The summed E-state index contributed by atoms with van der Waals surface area (Å²) in [6.07, 6.45) is 11.2. The van der Waals surface area contributed by atoms with Gasteiger partial charge in [0.2, 0.25) is 0 Å². The molecule has 26 heavy (non-hydrogen) atoms. The van der Waals surface area contributed by atoms with E-state index in [2.05, 4.69) is 5.92 Å². The summed E-state index contributed by atoms with van der Waals surface area (Å²) in [6.45, 7) is 0.859. The molecule has 0 saturated heterocycles. The molecule has 0 atom stereocenters. The largest absolute Gasteiger partial charge is 0.489 e. The van der Waals surface area contributed by atoms with E-state index in [1.807, 2.05) is 59.5 Å². The van der Waals surface area contributed by atoms with E-state index in [1.165, 1.54) is 19.3 Å². The van der Waals surface area contributed by atoms with Gasteiger partial charge in [-0.05, 0) is 42.7 Å². The zero-order chi connectivity index (χ0) is 18.2. The van der Waals surface area contributed by atoms with Crippen LogP contribution >= 0.6 is 0 Å². The normalized spacial score (nSPS) is 14.4. The molecule has 3 heteroatoms. The number of nitrogens with zero attached hydrogens (tertiary/aromatic N) is 1. The van der Waals surface area contributed by atoms with Gasteiger partial charge in [0.25, 0.3) is 5.91 Å². The summed E-state index contributed by atoms with van der Waals surface area (Å²) in [5, 5.41) is 0. The molecule has 0 bridgehead atoms. The molecule has 0 aliphatic heterocycles. The fraction of sp³-hybridized carbons (Fsp3) is 0.348. The number of hydrogen-bond donors (Lipinski definition) is 0. The molecule has 0 radical (unpaired) electrons. The highest BCUT2D eigenvalue weighted by atomic mass is 16.5. The number of carbonyl (C=O) groups is 1. The minimum absolute atomic E-state index is 0.0328. The first-order chi connectivity index (χ1) is 12.8. The van der Waals surface area contributed by atoms with Crippen LogP contribution in [0, 0.1) is 12.3 Å². The van der Waals surface area contributed by atoms with E-state index in [1.54, 1.807) is 0 Å². The second-order valence-electron chi connectivity index (χ2n) is 6.73. The van der Waals surface area contributed by atoms with E-state index in [9.17, 15) is 4.79 Å². The number of para-hydroxylation sites is 1. The average Bonchev–Trinajstić information content (AvgIpc) is 2.72. The van der Waals surface area contributed by atoms with Gasteiger partial charge in [-0.25, -0.2) is 0 Å². The lowest BCUT2D eigenvalue weighted by atomic mass is 9.93. The molecule has 3 nitrogen and oxygen atoms in total. The predicted octanol–water partition coefficient (Wildman–Crippen LogP) is 4.67. The van der Waals surface area contributed by atoms with Crippen molar-refractivity contribution in [1.29, 1.82) is 0 Å². The molecule has 1 aliphatic rings. The third kappa shape index (κ3) is 4.67. The van der Waals surface area contributed by atoms with Crippen LogP contribution in [-0.2, 0) is 6.61 Å². The van der Waals surface area contributed by atoms with Crippen molar-refractivity contribution in [3.63, 3.8) is 0 Å². The number of ether oxygens (including phenoxy) is 1. The Bertz CT molecular complexity index is 740. The lowest BCUT2D eigenvalue weighted by molar-refractivity contribution is 0.0667. The van der Waals surface area contributed by atoms with Crippen LogP contribution in [0.5, 0.6) is 5.75 Å². The quantitative estimate of drug-likeness (QED) is 0.711. The second-order valence-corrected chi connectivity index (χ2v) is 6.73.